The van der Waals surface area contributed by atoms with E-state index in [2.05, 4.69) is 20.9 Å². The highest BCUT2D eigenvalue weighted by Crippen LogP contribution is 2.05. The largest absolute Gasteiger partial charge is 0.477 e. The zero-order valence-corrected chi connectivity index (χ0v) is 7.84. The van der Waals surface area contributed by atoms with Gasteiger partial charge < -0.3 is 10.1 Å². The third kappa shape index (κ3) is 2.23. The molecule has 1 aromatic rings. The maximum atomic E-state index is 10.4. The smallest absolute Gasteiger partial charge is 0.352 e. The monoisotopic (exact) mass is 229 g/mol. The Labute approximate surface area is 78.2 Å². The first-order chi connectivity index (χ1) is 5.74. The number of hydrogen-bond acceptors (Lipinski definition) is 1. The van der Waals surface area contributed by atoms with E-state index in [4.69, 9.17) is 5.11 Å². The molecule has 0 spiro atoms. The number of aromatic carboxylic acids is 1. The molecule has 0 aliphatic rings. The SMILES string of the molecule is O=C(O)c1cc(C=CCBr)c[nH]1. The summed E-state index contributed by atoms with van der Waals surface area (Å²) in [6, 6.07) is 1.58. The lowest BCUT2D eigenvalue weighted by molar-refractivity contribution is 0.0691. The van der Waals surface area contributed by atoms with Gasteiger partial charge >= 0.3 is 5.97 Å². The number of nitrogens with one attached hydrogen (secondary N) is 1. The quantitative estimate of drug-likeness (QED) is 0.781. The van der Waals surface area contributed by atoms with Gasteiger partial charge in [0, 0.05) is 11.5 Å². The van der Waals surface area contributed by atoms with Crippen LogP contribution in [0.3, 0.4) is 0 Å². The number of allylic oxidation sites excluding steroid dienone is 1. The molecule has 0 fully saturated rings. The van der Waals surface area contributed by atoms with Crippen molar-refractivity contribution in [1.29, 1.82) is 0 Å². The van der Waals surface area contributed by atoms with E-state index in [0.29, 0.717) is 0 Å². The van der Waals surface area contributed by atoms with E-state index in [1.54, 1.807) is 12.3 Å². The van der Waals surface area contributed by atoms with Crippen LogP contribution in [0.5, 0.6) is 0 Å². The molecule has 0 unspecified atom stereocenters. The van der Waals surface area contributed by atoms with Crippen LogP contribution in [0.4, 0.5) is 0 Å². The van der Waals surface area contributed by atoms with Crippen LogP contribution in [0.1, 0.15) is 16.1 Å². The number of hydrogen-bond donors (Lipinski definition) is 2. The van der Waals surface area contributed by atoms with Gasteiger partial charge in [0.15, 0.2) is 0 Å². The topological polar surface area (TPSA) is 53.1 Å². The van der Waals surface area contributed by atoms with Gasteiger partial charge in [0.05, 0.1) is 0 Å². The minimum atomic E-state index is -0.937. The summed E-state index contributed by atoms with van der Waals surface area (Å²) in [6.07, 6.45) is 5.40. The lowest BCUT2D eigenvalue weighted by Crippen LogP contribution is -1.94. The third-order valence-electron chi connectivity index (χ3n) is 1.34. The van der Waals surface area contributed by atoms with Gasteiger partial charge in [-0.1, -0.05) is 28.1 Å². The zero-order chi connectivity index (χ0) is 8.97. The van der Waals surface area contributed by atoms with Crippen LogP contribution in [-0.2, 0) is 0 Å². The molecular formula is C8H8BrNO2. The van der Waals surface area contributed by atoms with Crippen molar-refractivity contribution in [3.63, 3.8) is 0 Å². The molecule has 3 nitrogen and oxygen atoms in total. The van der Waals surface area contributed by atoms with E-state index < -0.39 is 5.97 Å². The van der Waals surface area contributed by atoms with Crippen LogP contribution in [0, 0.1) is 0 Å². The van der Waals surface area contributed by atoms with Crippen LogP contribution in [0.2, 0.25) is 0 Å². The van der Waals surface area contributed by atoms with Crippen molar-refractivity contribution in [3.05, 3.63) is 29.6 Å². The number of aromatic nitrogens is 1. The molecule has 0 aromatic carbocycles. The van der Waals surface area contributed by atoms with Gasteiger partial charge in [-0.3, -0.25) is 0 Å². The highest BCUT2D eigenvalue weighted by molar-refractivity contribution is 9.09. The molecule has 2 N–H and O–H groups in total. The summed E-state index contributed by atoms with van der Waals surface area (Å²) in [7, 11) is 0. The van der Waals surface area contributed by atoms with Crippen LogP contribution in [0.15, 0.2) is 18.3 Å². The van der Waals surface area contributed by atoms with E-state index in [0.717, 1.165) is 10.9 Å². The molecule has 1 heterocycles. The Hall–Kier alpha value is -1.03. The van der Waals surface area contributed by atoms with E-state index in [-0.39, 0.29) is 5.69 Å². The first kappa shape index (κ1) is 9.06. The Balaban J connectivity index is 2.77. The van der Waals surface area contributed by atoms with Gasteiger partial charge in [0.2, 0.25) is 0 Å². The minimum absolute atomic E-state index is 0.212. The predicted octanol–water partition coefficient (Wildman–Crippen LogP) is 2.12. The number of alkyl halides is 1. The first-order valence-corrected chi connectivity index (χ1v) is 4.50. The van der Waals surface area contributed by atoms with E-state index in [1.165, 1.54) is 0 Å². The van der Waals surface area contributed by atoms with E-state index in [9.17, 15) is 4.79 Å². The lowest BCUT2D eigenvalue weighted by Gasteiger charge is -1.82. The second-order valence-electron chi connectivity index (χ2n) is 2.21. The molecule has 0 atom stereocenters. The van der Waals surface area contributed by atoms with E-state index in [1.807, 2.05) is 12.2 Å². The van der Waals surface area contributed by atoms with Crippen LogP contribution in [0.25, 0.3) is 6.08 Å². The molecule has 0 aliphatic carbocycles. The molecule has 64 valence electrons. The van der Waals surface area contributed by atoms with Crippen LogP contribution in [-0.4, -0.2) is 21.4 Å². The average molecular weight is 230 g/mol. The van der Waals surface area contributed by atoms with Gasteiger partial charge in [-0.05, 0) is 11.6 Å². The number of carboxylic acid groups (broad SMARTS) is 1. The van der Waals surface area contributed by atoms with Crippen molar-refractivity contribution in [2.75, 3.05) is 5.33 Å². The third-order valence-corrected chi connectivity index (χ3v) is 1.71. The Morgan fingerprint density at radius 1 is 1.75 bits per heavy atom. The summed E-state index contributed by atoms with van der Waals surface area (Å²) < 4.78 is 0. The van der Waals surface area contributed by atoms with Crippen molar-refractivity contribution in [3.8, 4) is 0 Å². The fourth-order valence-corrected chi connectivity index (χ4v) is 0.998. The Bertz CT molecular complexity index is 304. The molecule has 1 aromatic heterocycles. The molecule has 0 bridgehead atoms. The predicted molar refractivity (Wildman–Crippen MR) is 50.6 cm³/mol. The number of rotatable bonds is 3. The summed E-state index contributed by atoms with van der Waals surface area (Å²) in [6.45, 7) is 0. The highest BCUT2D eigenvalue weighted by Gasteiger charge is 2.02. The van der Waals surface area contributed by atoms with E-state index >= 15 is 0 Å². The average Bonchev–Trinajstić information content (AvgIpc) is 2.48. The normalized spacial score (nSPS) is 10.8. The van der Waals surface area contributed by atoms with Crippen LogP contribution < -0.4 is 0 Å². The summed E-state index contributed by atoms with van der Waals surface area (Å²) in [5, 5.41) is 9.32. The Kier molecular flexibility index (Phi) is 3.10. The molecule has 1 rings (SSSR count). The van der Waals surface area contributed by atoms with Gasteiger partial charge in [-0.2, -0.15) is 0 Å². The van der Waals surface area contributed by atoms with Crippen molar-refractivity contribution < 1.29 is 9.90 Å². The lowest BCUT2D eigenvalue weighted by atomic mass is 10.3. The second kappa shape index (κ2) is 4.11. The van der Waals surface area contributed by atoms with Gasteiger partial charge in [0.1, 0.15) is 5.69 Å². The molecule has 0 saturated heterocycles. The molecule has 4 heteroatoms. The minimum Gasteiger partial charge on any atom is -0.477 e. The summed E-state index contributed by atoms with van der Waals surface area (Å²) in [5.41, 5.74) is 1.08. The highest BCUT2D eigenvalue weighted by atomic mass is 79.9. The Morgan fingerprint density at radius 2 is 2.50 bits per heavy atom. The van der Waals surface area contributed by atoms with Crippen molar-refractivity contribution >= 4 is 28.0 Å². The number of aromatic amines is 1. The molecular weight excluding hydrogens is 222 g/mol. The fourth-order valence-electron chi connectivity index (χ4n) is 0.811. The number of halogens is 1. The molecule has 0 saturated carbocycles. The Morgan fingerprint density at radius 3 is 3.00 bits per heavy atom. The molecule has 0 amide bonds. The maximum absolute atomic E-state index is 10.4. The van der Waals surface area contributed by atoms with Crippen molar-refractivity contribution in [2.45, 2.75) is 0 Å². The maximum Gasteiger partial charge on any atom is 0.352 e. The summed E-state index contributed by atoms with van der Waals surface area (Å²) >= 11 is 3.23. The standard InChI is InChI=1S/C8H8BrNO2/c9-3-1-2-6-4-7(8(11)12)10-5-6/h1-2,4-5,10H,3H2,(H,11,12). The van der Waals surface area contributed by atoms with Gasteiger partial charge in [0.25, 0.3) is 0 Å². The zero-order valence-electron chi connectivity index (χ0n) is 6.25. The molecule has 0 radical (unpaired) electrons. The van der Waals surface area contributed by atoms with Gasteiger partial charge in [-0.15, -0.1) is 0 Å². The molecule has 12 heavy (non-hydrogen) atoms. The summed E-state index contributed by atoms with van der Waals surface area (Å²) in [5.74, 6) is -0.937. The van der Waals surface area contributed by atoms with Crippen LogP contribution >= 0.6 is 15.9 Å². The molecule has 0 aliphatic heterocycles. The number of carbonyl (C=O) groups is 1. The summed E-state index contributed by atoms with van der Waals surface area (Å²) in [4.78, 5) is 13.1. The number of H-pyrrole nitrogens is 1. The van der Waals surface area contributed by atoms with Crippen molar-refractivity contribution in [1.82, 2.24) is 4.98 Å². The number of carboxylic acids is 1. The second-order valence-corrected chi connectivity index (χ2v) is 2.86. The fraction of sp³-hybridized carbons (Fsp3) is 0.125. The van der Waals surface area contributed by atoms with Crippen molar-refractivity contribution in [2.24, 2.45) is 0 Å². The van der Waals surface area contributed by atoms with Gasteiger partial charge in [-0.25, -0.2) is 4.79 Å². The first-order valence-electron chi connectivity index (χ1n) is 3.38.